The molecule has 4 nitrogen and oxygen atoms in total. The Bertz CT molecular complexity index is 511. The van der Waals surface area contributed by atoms with Crippen molar-refractivity contribution in [3.05, 3.63) is 35.4 Å². The van der Waals surface area contributed by atoms with Crippen molar-refractivity contribution in [2.75, 3.05) is 13.1 Å². The Morgan fingerprint density at radius 2 is 1.70 bits per heavy atom. The van der Waals surface area contributed by atoms with Crippen molar-refractivity contribution in [3.8, 4) is 0 Å². The van der Waals surface area contributed by atoms with Gasteiger partial charge in [0.05, 0.1) is 12.0 Å². The second-order valence-corrected chi connectivity index (χ2v) is 5.93. The molecule has 1 saturated heterocycles. The summed E-state index contributed by atoms with van der Waals surface area (Å²) >= 11 is 0. The Hall–Kier alpha value is -1.84. The number of carboxylic acid groups (broad SMARTS) is 1. The topological polar surface area (TPSA) is 57.6 Å². The highest BCUT2D eigenvalue weighted by atomic mass is 16.4. The van der Waals surface area contributed by atoms with E-state index in [1.54, 1.807) is 24.3 Å². The van der Waals surface area contributed by atoms with Gasteiger partial charge < -0.3 is 10.0 Å². The summed E-state index contributed by atoms with van der Waals surface area (Å²) in [5, 5.41) is 8.85. The predicted molar refractivity (Wildman–Crippen MR) is 74.5 cm³/mol. The average Bonchev–Trinajstić information content (AvgIpc) is 2.99. The molecule has 2 atom stereocenters. The van der Waals surface area contributed by atoms with E-state index in [-0.39, 0.29) is 11.5 Å². The zero-order valence-electron chi connectivity index (χ0n) is 11.4. The van der Waals surface area contributed by atoms with Crippen LogP contribution < -0.4 is 0 Å². The molecule has 0 radical (unpaired) electrons. The molecule has 4 heteroatoms. The van der Waals surface area contributed by atoms with Crippen molar-refractivity contribution in [2.45, 2.75) is 25.7 Å². The number of rotatable bonds is 3. The maximum Gasteiger partial charge on any atom is 0.335 e. The molecular weight excluding hydrogens is 254 g/mol. The Balaban J connectivity index is 1.60. The number of fused-ring (bicyclic) bond motifs is 1. The molecule has 1 saturated carbocycles. The van der Waals surface area contributed by atoms with Crippen molar-refractivity contribution in [2.24, 2.45) is 11.8 Å². The molecule has 3 rings (SSSR count). The van der Waals surface area contributed by atoms with Gasteiger partial charge in [-0.05, 0) is 42.4 Å². The minimum Gasteiger partial charge on any atom is -0.478 e. The highest BCUT2D eigenvalue weighted by Crippen LogP contribution is 2.37. The van der Waals surface area contributed by atoms with Gasteiger partial charge in [-0.25, -0.2) is 4.79 Å². The van der Waals surface area contributed by atoms with Crippen molar-refractivity contribution >= 4 is 11.9 Å². The van der Waals surface area contributed by atoms with Crippen LogP contribution in [0.15, 0.2) is 24.3 Å². The lowest BCUT2D eigenvalue weighted by Crippen LogP contribution is -2.30. The van der Waals surface area contributed by atoms with Crippen molar-refractivity contribution in [3.63, 3.8) is 0 Å². The first-order chi connectivity index (χ1) is 9.63. The second kappa shape index (κ2) is 5.27. The van der Waals surface area contributed by atoms with Crippen LogP contribution in [0.3, 0.4) is 0 Å². The van der Waals surface area contributed by atoms with E-state index in [4.69, 9.17) is 5.11 Å². The summed E-state index contributed by atoms with van der Waals surface area (Å²) in [7, 11) is 0. The Morgan fingerprint density at radius 1 is 1.10 bits per heavy atom. The third-order valence-electron chi connectivity index (χ3n) is 4.64. The number of likely N-dealkylation sites (tertiary alicyclic amines) is 1. The number of carbonyl (C=O) groups is 2. The molecule has 0 bridgehead atoms. The van der Waals surface area contributed by atoms with Crippen LogP contribution in [-0.2, 0) is 11.2 Å². The van der Waals surface area contributed by atoms with Gasteiger partial charge in [0.1, 0.15) is 0 Å². The molecule has 1 amide bonds. The lowest BCUT2D eigenvalue weighted by molar-refractivity contribution is -0.129. The van der Waals surface area contributed by atoms with E-state index < -0.39 is 5.97 Å². The predicted octanol–water partition coefficient (Wildman–Crippen LogP) is 2.19. The second-order valence-electron chi connectivity index (χ2n) is 5.93. The fraction of sp³-hybridized carbons (Fsp3) is 0.500. The lowest BCUT2D eigenvalue weighted by atomic mass is 10.0. The number of aromatic carboxylic acids is 1. The van der Waals surface area contributed by atoms with Crippen LogP contribution in [0.5, 0.6) is 0 Å². The largest absolute Gasteiger partial charge is 0.478 e. The molecule has 106 valence electrons. The molecule has 0 aromatic heterocycles. The molecule has 2 unspecified atom stereocenters. The highest BCUT2D eigenvalue weighted by molar-refractivity contribution is 5.87. The molecule has 1 aliphatic heterocycles. The van der Waals surface area contributed by atoms with Gasteiger partial charge in [0, 0.05) is 13.1 Å². The van der Waals surface area contributed by atoms with E-state index in [2.05, 4.69) is 0 Å². The van der Waals surface area contributed by atoms with Gasteiger partial charge >= 0.3 is 5.97 Å². The first-order valence-corrected chi connectivity index (χ1v) is 7.23. The van der Waals surface area contributed by atoms with Crippen LogP contribution in [0.4, 0.5) is 0 Å². The average molecular weight is 273 g/mol. The van der Waals surface area contributed by atoms with E-state index in [9.17, 15) is 9.59 Å². The molecular formula is C16H19NO3. The van der Waals surface area contributed by atoms with Gasteiger partial charge in [0.25, 0.3) is 0 Å². The number of nitrogens with zero attached hydrogens (tertiary/aromatic N) is 1. The molecule has 20 heavy (non-hydrogen) atoms. The van der Waals surface area contributed by atoms with Gasteiger partial charge in [-0.3, -0.25) is 4.79 Å². The summed E-state index contributed by atoms with van der Waals surface area (Å²) in [6.45, 7) is 1.83. The molecule has 1 aliphatic carbocycles. The number of hydrogen-bond acceptors (Lipinski definition) is 2. The van der Waals surface area contributed by atoms with Gasteiger partial charge in [-0.2, -0.15) is 0 Å². The van der Waals surface area contributed by atoms with Crippen molar-refractivity contribution in [1.82, 2.24) is 4.90 Å². The van der Waals surface area contributed by atoms with E-state index in [0.29, 0.717) is 18.3 Å². The van der Waals surface area contributed by atoms with Gasteiger partial charge in [-0.15, -0.1) is 0 Å². The first kappa shape index (κ1) is 13.2. The summed E-state index contributed by atoms with van der Waals surface area (Å²) in [4.78, 5) is 25.0. The number of amides is 1. The summed E-state index contributed by atoms with van der Waals surface area (Å²) in [5.41, 5.74) is 1.15. The van der Waals surface area contributed by atoms with Crippen LogP contribution in [0.25, 0.3) is 0 Å². The SMILES string of the molecule is O=C(O)c1ccc(CC(=O)N2CC3CCCC3C2)cc1. The van der Waals surface area contributed by atoms with Crippen molar-refractivity contribution < 1.29 is 14.7 Å². The third kappa shape index (κ3) is 2.55. The Kier molecular flexibility index (Phi) is 3.47. The summed E-state index contributed by atoms with van der Waals surface area (Å²) < 4.78 is 0. The zero-order chi connectivity index (χ0) is 14.1. The van der Waals surface area contributed by atoms with Gasteiger partial charge in [-0.1, -0.05) is 18.6 Å². The van der Waals surface area contributed by atoms with Gasteiger partial charge in [0.15, 0.2) is 0 Å². The summed E-state index contributed by atoms with van der Waals surface area (Å²) in [5.74, 6) is 0.666. The normalized spacial score (nSPS) is 24.7. The lowest BCUT2D eigenvalue weighted by Gasteiger charge is -2.17. The highest BCUT2D eigenvalue weighted by Gasteiger charge is 2.37. The molecule has 2 fully saturated rings. The fourth-order valence-corrected chi connectivity index (χ4v) is 3.49. The van der Waals surface area contributed by atoms with E-state index in [1.807, 2.05) is 4.90 Å². The Labute approximate surface area is 118 Å². The zero-order valence-corrected chi connectivity index (χ0v) is 11.4. The van der Waals surface area contributed by atoms with E-state index in [1.165, 1.54) is 19.3 Å². The summed E-state index contributed by atoms with van der Waals surface area (Å²) in [6, 6.07) is 6.59. The molecule has 2 aliphatic rings. The number of carboxylic acids is 1. The standard InChI is InChI=1S/C16H19NO3/c18-15(17-9-13-2-1-3-14(13)10-17)8-11-4-6-12(7-5-11)16(19)20/h4-7,13-14H,1-3,8-10H2,(H,19,20). The van der Waals surface area contributed by atoms with Crippen molar-refractivity contribution in [1.29, 1.82) is 0 Å². The monoisotopic (exact) mass is 273 g/mol. The van der Waals surface area contributed by atoms with Crippen LogP contribution in [0.1, 0.15) is 35.2 Å². The third-order valence-corrected chi connectivity index (χ3v) is 4.64. The molecule has 1 aromatic rings. The molecule has 0 spiro atoms. The fourth-order valence-electron chi connectivity index (χ4n) is 3.49. The quantitative estimate of drug-likeness (QED) is 0.918. The molecule has 1 heterocycles. The van der Waals surface area contributed by atoms with E-state index >= 15 is 0 Å². The molecule has 1 aromatic carbocycles. The summed E-state index contributed by atoms with van der Waals surface area (Å²) in [6.07, 6.45) is 4.22. The van der Waals surface area contributed by atoms with Crippen LogP contribution in [0, 0.1) is 11.8 Å². The van der Waals surface area contributed by atoms with Crippen LogP contribution >= 0.6 is 0 Å². The van der Waals surface area contributed by atoms with Crippen LogP contribution in [0.2, 0.25) is 0 Å². The van der Waals surface area contributed by atoms with Gasteiger partial charge in [0.2, 0.25) is 5.91 Å². The first-order valence-electron chi connectivity index (χ1n) is 7.23. The smallest absolute Gasteiger partial charge is 0.335 e. The molecule has 1 N–H and O–H groups in total. The number of benzene rings is 1. The van der Waals surface area contributed by atoms with Crippen LogP contribution in [-0.4, -0.2) is 35.0 Å². The minimum absolute atomic E-state index is 0.169. The maximum absolute atomic E-state index is 12.3. The number of hydrogen-bond donors (Lipinski definition) is 1. The number of carbonyl (C=O) groups excluding carboxylic acids is 1. The Morgan fingerprint density at radius 3 is 2.25 bits per heavy atom. The van der Waals surface area contributed by atoms with E-state index in [0.717, 1.165) is 18.7 Å². The minimum atomic E-state index is -0.935. The maximum atomic E-state index is 12.3.